The molecule has 0 atom stereocenters. The smallest absolute Gasteiger partial charge is 0.0284 e. The van der Waals surface area contributed by atoms with E-state index >= 15 is 0 Å². The summed E-state index contributed by atoms with van der Waals surface area (Å²) in [6.07, 6.45) is 3.51. The number of hydrogen-bond acceptors (Lipinski definition) is 2. The van der Waals surface area contributed by atoms with Crippen LogP contribution >= 0.6 is 0 Å². The molecule has 1 aromatic rings. The normalized spacial score (nSPS) is 17.5. The molecule has 0 heterocycles. The lowest BCUT2D eigenvalue weighted by Crippen LogP contribution is -2.38. The van der Waals surface area contributed by atoms with Gasteiger partial charge in [0.05, 0.1) is 0 Å². The number of benzene rings is 1. The van der Waals surface area contributed by atoms with Gasteiger partial charge in [0.25, 0.3) is 0 Å². The Bertz CT molecular complexity index is 394. The Hall–Kier alpha value is -0.860. The highest BCUT2D eigenvalue weighted by atomic mass is 15.1. The van der Waals surface area contributed by atoms with Crippen LogP contribution in [0.25, 0.3) is 0 Å². The van der Waals surface area contributed by atoms with Crippen molar-refractivity contribution < 1.29 is 0 Å². The molecule has 0 bridgehead atoms. The third-order valence-electron chi connectivity index (χ3n) is 3.83. The van der Waals surface area contributed by atoms with Crippen molar-refractivity contribution in [3.05, 3.63) is 34.9 Å². The van der Waals surface area contributed by atoms with Gasteiger partial charge in [-0.05, 0) is 56.8 Å². The first kappa shape index (κ1) is 12.6. The SMILES string of the molecule is Cc1ccc(CCN(C)CC2(N)CC2)cc1C. The third-order valence-corrected chi connectivity index (χ3v) is 3.83. The van der Waals surface area contributed by atoms with Crippen LogP contribution in [0.15, 0.2) is 18.2 Å². The summed E-state index contributed by atoms with van der Waals surface area (Å²) in [5.41, 5.74) is 10.5. The van der Waals surface area contributed by atoms with Gasteiger partial charge in [0.2, 0.25) is 0 Å². The number of likely N-dealkylation sites (N-methyl/N-ethyl adjacent to an activating group) is 1. The van der Waals surface area contributed by atoms with E-state index in [2.05, 4.69) is 44.0 Å². The van der Waals surface area contributed by atoms with Crippen molar-refractivity contribution >= 4 is 0 Å². The number of nitrogens with two attached hydrogens (primary N) is 1. The Kier molecular flexibility index (Phi) is 3.55. The zero-order valence-electron chi connectivity index (χ0n) is 11.3. The topological polar surface area (TPSA) is 29.3 Å². The Morgan fingerprint density at radius 2 is 1.94 bits per heavy atom. The molecule has 2 nitrogen and oxygen atoms in total. The van der Waals surface area contributed by atoms with Crippen LogP contribution in [0, 0.1) is 13.8 Å². The molecule has 2 heteroatoms. The Balaban J connectivity index is 1.82. The van der Waals surface area contributed by atoms with Crippen molar-refractivity contribution in [2.24, 2.45) is 5.73 Å². The van der Waals surface area contributed by atoms with E-state index in [-0.39, 0.29) is 5.54 Å². The van der Waals surface area contributed by atoms with Crippen molar-refractivity contribution in [2.75, 3.05) is 20.1 Å². The molecule has 1 aromatic carbocycles. The van der Waals surface area contributed by atoms with Gasteiger partial charge in [0, 0.05) is 18.6 Å². The fourth-order valence-corrected chi connectivity index (χ4v) is 2.21. The van der Waals surface area contributed by atoms with Crippen LogP contribution in [-0.2, 0) is 6.42 Å². The maximum absolute atomic E-state index is 6.12. The summed E-state index contributed by atoms with van der Waals surface area (Å²) in [7, 11) is 2.17. The van der Waals surface area contributed by atoms with E-state index in [0.717, 1.165) is 19.5 Å². The summed E-state index contributed by atoms with van der Waals surface area (Å²) in [6, 6.07) is 6.76. The van der Waals surface area contributed by atoms with E-state index in [1.54, 1.807) is 0 Å². The molecule has 1 aliphatic rings. The monoisotopic (exact) mass is 232 g/mol. The van der Waals surface area contributed by atoms with Crippen LogP contribution in [0.2, 0.25) is 0 Å². The van der Waals surface area contributed by atoms with Gasteiger partial charge in [-0.2, -0.15) is 0 Å². The second-order valence-corrected chi connectivity index (χ2v) is 5.77. The molecular formula is C15H24N2. The van der Waals surface area contributed by atoms with Gasteiger partial charge in [-0.15, -0.1) is 0 Å². The van der Waals surface area contributed by atoms with Gasteiger partial charge in [-0.1, -0.05) is 18.2 Å². The standard InChI is InChI=1S/C15H24N2/c1-12-4-5-14(10-13(12)2)6-9-17(3)11-15(16)7-8-15/h4-5,10H,6-9,11,16H2,1-3H3. The molecule has 0 saturated heterocycles. The molecule has 2 N–H and O–H groups in total. The van der Waals surface area contributed by atoms with Crippen molar-refractivity contribution in [3.8, 4) is 0 Å². The minimum Gasteiger partial charge on any atom is -0.324 e. The largest absolute Gasteiger partial charge is 0.324 e. The summed E-state index contributed by atoms with van der Waals surface area (Å²) in [5.74, 6) is 0. The summed E-state index contributed by atoms with van der Waals surface area (Å²) < 4.78 is 0. The quantitative estimate of drug-likeness (QED) is 0.844. The molecule has 94 valence electrons. The lowest BCUT2D eigenvalue weighted by Gasteiger charge is -2.20. The Labute approximate surface area is 105 Å². The fraction of sp³-hybridized carbons (Fsp3) is 0.600. The summed E-state index contributed by atoms with van der Waals surface area (Å²) in [4.78, 5) is 2.36. The van der Waals surface area contributed by atoms with Crippen molar-refractivity contribution in [1.29, 1.82) is 0 Å². The maximum Gasteiger partial charge on any atom is 0.0284 e. The summed E-state index contributed by atoms with van der Waals surface area (Å²) in [6.45, 7) is 6.48. The first-order valence-electron chi connectivity index (χ1n) is 6.52. The first-order valence-corrected chi connectivity index (χ1v) is 6.52. The zero-order chi connectivity index (χ0) is 12.5. The molecule has 17 heavy (non-hydrogen) atoms. The zero-order valence-corrected chi connectivity index (χ0v) is 11.3. The van der Waals surface area contributed by atoms with Crippen molar-refractivity contribution in [1.82, 2.24) is 4.90 Å². The van der Waals surface area contributed by atoms with Gasteiger partial charge in [-0.25, -0.2) is 0 Å². The van der Waals surface area contributed by atoms with E-state index in [4.69, 9.17) is 5.73 Å². The average molecular weight is 232 g/mol. The third kappa shape index (κ3) is 3.55. The molecule has 0 radical (unpaired) electrons. The second kappa shape index (κ2) is 4.79. The number of nitrogens with zero attached hydrogens (tertiary/aromatic N) is 1. The molecular weight excluding hydrogens is 208 g/mol. The van der Waals surface area contributed by atoms with Crippen LogP contribution in [-0.4, -0.2) is 30.6 Å². The highest BCUT2D eigenvalue weighted by molar-refractivity contribution is 5.30. The summed E-state index contributed by atoms with van der Waals surface area (Å²) in [5, 5.41) is 0. The Morgan fingerprint density at radius 1 is 1.24 bits per heavy atom. The minimum absolute atomic E-state index is 0.137. The van der Waals surface area contributed by atoms with Crippen molar-refractivity contribution in [3.63, 3.8) is 0 Å². The molecule has 1 saturated carbocycles. The number of aryl methyl sites for hydroxylation is 2. The Morgan fingerprint density at radius 3 is 2.53 bits per heavy atom. The number of hydrogen-bond donors (Lipinski definition) is 1. The fourth-order valence-electron chi connectivity index (χ4n) is 2.21. The molecule has 0 amide bonds. The highest BCUT2D eigenvalue weighted by Crippen LogP contribution is 2.32. The van der Waals surface area contributed by atoms with Crippen LogP contribution in [0.5, 0.6) is 0 Å². The molecule has 0 aromatic heterocycles. The first-order chi connectivity index (χ1) is 7.98. The van der Waals surface area contributed by atoms with Gasteiger partial charge in [0.1, 0.15) is 0 Å². The van der Waals surface area contributed by atoms with Gasteiger partial charge >= 0.3 is 0 Å². The second-order valence-electron chi connectivity index (χ2n) is 5.77. The predicted octanol–water partition coefficient (Wildman–Crippen LogP) is 2.27. The van der Waals surface area contributed by atoms with Gasteiger partial charge in [-0.3, -0.25) is 0 Å². The lowest BCUT2D eigenvalue weighted by atomic mass is 10.0. The van der Waals surface area contributed by atoms with Crippen LogP contribution in [0.3, 0.4) is 0 Å². The van der Waals surface area contributed by atoms with Gasteiger partial charge < -0.3 is 10.6 Å². The average Bonchev–Trinajstić information content (AvgIpc) is 2.98. The lowest BCUT2D eigenvalue weighted by molar-refractivity contribution is 0.306. The molecule has 1 aliphatic carbocycles. The van der Waals surface area contributed by atoms with Crippen LogP contribution in [0.4, 0.5) is 0 Å². The predicted molar refractivity (Wildman–Crippen MR) is 73.3 cm³/mol. The van der Waals surface area contributed by atoms with E-state index in [1.807, 2.05) is 0 Å². The van der Waals surface area contributed by atoms with E-state index < -0.39 is 0 Å². The van der Waals surface area contributed by atoms with Crippen LogP contribution in [0.1, 0.15) is 29.5 Å². The molecule has 0 unspecified atom stereocenters. The van der Waals surface area contributed by atoms with Crippen molar-refractivity contribution in [2.45, 2.75) is 38.6 Å². The number of rotatable bonds is 5. The highest BCUT2D eigenvalue weighted by Gasteiger charge is 2.38. The minimum atomic E-state index is 0.137. The van der Waals surface area contributed by atoms with E-state index in [9.17, 15) is 0 Å². The molecule has 0 aliphatic heterocycles. The van der Waals surface area contributed by atoms with E-state index in [0.29, 0.717) is 0 Å². The summed E-state index contributed by atoms with van der Waals surface area (Å²) >= 11 is 0. The molecule has 0 spiro atoms. The van der Waals surface area contributed by atoms with Gasteiger partial charge in [0.15, 0.2) is 0 Å². The molecule has 2 rings (SSSR count). The maximum atomic E-state index is 6.12. The molecule has 1 fully saturated rings. The van der Waals surface area contributed by atoms with Crippen LogP contribution < -0.4 is 5.73 Å². The van der Waals surface area contributed by atoms with E-state index in [1.165, 1.54) is 29.5 Å².